The molecule has 3 heterocycles. The molecule has 2 aromatic rings. The van der Waals surface area contributed by atoms with E-state index in [2.05, 4.69) is 52.2 Å². The summed E-state index contributed by atoms with van der Waals surface area (Å²) in [5.41, 5.74) is 2.42. The Morgan fingerprint density at radius 1 is 1.19 bits per heavy atom. The number of likely N-dealkylation sites (tertiary alicyclic amines) is 1. The summed E-state index contributed by atoms with van der Waals surface area (Å²) < 4.78 is 5.27. The average molecular weight is 439 g/mol. The van der Waals surface area contributed by atoms with Gasteiger partial charge in [0, 0.05) is 43.3 Å². The molecule has 1 saturated carbocycles. The molecule has 4 atom stereocenters. The largest absolute Gasteiger partial charge is 0.466 e. The van der Waals surface area contributed by atoms with E-state index in [1.54, 1.807) is 24.2 Å². The minimum Gasteiger partial charge on any atom is -0.466 e. The predicted octanol–water partition coefficient (Wildman–Crippen LogP) is 4.59. The topological polar surface area (TPSA) is 67.3 Å². The summed E-state index contributed by atoms with van der Waals surface area (Å²) in [6.45, 7) is 10.1. The maximum atomic E-state index is 12.2. The molecule has 6 nitrogen and oxygen atoms in total. The lowest BCUT2D eigenvalue weighted by molar-refractivity contribution is -0.145. The van der Waals surface area contributed by atoms with Gasteiger partial charge in [0.2, 0.25) is 0 Å². The van der Waals surface area contributed by atoms with E-state index in [4.69, 9.17) is 4.74 Å². The van der Waals surface area contributed by atoms with Gasteiger partial charge >= 0.3 is 5.97 Å². The maximum absolute atomic E-state index is 12.2. The van der Waals surface area contributed by atoms with Crippen molar-refractivity contribution in [2.75, 3.05) is 25.0 Å². The second-order valence-electron chi connectivity index (χ2n) is 9.18. The van der Waals surface area contributed by atoms with Crippen LogP contribution in [0.25, 0.3) is 0 Å². The number of aromatic nitrogens is 2. The van der Waals surface area contributed by atoms with Gasteiger partial charge in [-0.25, -0.2) is 9.97 Å². The molecule has 2 fully saturated rings. The van der Waals surface area contributed by atoms with Crippen LogP contribution in [0.4, 0.5) is 11.5 Å². The van der Waals surface area contributed by atoms with Gasteiger partial charge in [-0.15, -0.1) is 0 Å². The third-order valence-corrected chi connectivity index (χ3v) is 8.57. The molecule has 7 heteroatoms. The van der Waals surface area contributed by atoms with Crippen molar-refractivity contribution < 1.29 is 9.53 Å². The van der Waals surface area contributed by atoms with E-state index in [0.29, 0.717) is 42.6 Å². The normalized spacial score (nSPS) is 29.1. The molecular weight excluding hydrogens is 408 g/mol. The maximum Gasteiger partial charge on any atom is 0.306 e. The lowest BCUT2D eigenvalue weighted by Gasteiger charge is -2.38. The van der Waals surface area contributed by atoms with Gasteiger partial charge in [-0.2, -0.15) is 0 Å². The quantitative estimate of drug-likeness (QED) is 0.585. The second-order valence-corrected chi connectivity index (χ2v) is 10.2. The molecule has 1 N–H and O–H groups in total. The molecule has 0 spiro atoms. The number of fused-ring (bicyclic) bond motifs is 4. The molecule has 164 valence electrons. The first kappa shape index (κ1) is 20.8. The van der Waals surface area contributed by atoms with Crippen LogP contribution in [0.3, 0.4) is 0 Å². The number of nitrogens with zero attached hydrogens (tertiary/aromatic N) is 3. The van der Waals surface area contributed by atoms with Crippen molar-refractivity contribution in [2.45, 2.75) is 43.7 Å². The Labute approximate surface area is 188 Å². The predicted molar refractivity (Wildman–Crippen MR) is 121 cm³/mol. The third-order valence-electron chi connectivity index (χ3n) is 7.50. The number of hydrogen-bond acceptors (Lipinski definition) is 7. The van der Waals surface area contributed by atoms with Crippen LogP contribution in [0.1, 0.15) is 32.8 Å². The number of ether oxygens (including phenoxy) is 1. The second kappa shape index (κ2) is 8.43. The van der Waals surface area contributed by atoms with Crippen molar-refractivity contribution in [3.05, 3.63) is 36.2 Å². The summed E-state index contributed by atoms with van der Waals surface area (Å²) in [6, 6.07) is 6.67. The van der Waals surface area contributed by atoms with Gasteiger partial charge in [0.1, 0.15) is 5.03 Å². The number of piperidine rings is 1. The van der Waals surface area contributed by atoms with Crippen molar-refractivity contribution in [1.82, 2.24) is 14.9 Å². The van der Waals surface area contributed by atoms with Crippen molar-refractivity contribution >= 4 is 29.2 Å². The van der Waals surface area contributed by atoms with Gasteiger partial charge in [0.25, 0.3) is 0 Å². The lowest BCUT2D eigenvalue weighted by atomic mass is 9.80. The van der Waals surface area contributed by atoms with Gasteiger partial charge in [0.15, 0.2) is 5.82 Å². The van der Waals surface area contributed by atoms with E-state index in [9.17, 15) is 4.79 Å². The summed E-state index contributed by atoms with van der Waals surface area (Å²) in [7, 11) is 0. The van der Waals surface area contributed by atoms with Crippen LogP contribution in [0.2, 0.25) is 0 Å². The molecule has 31 heavy (non-hydrogen) atoms. The fourth-order valence-electron chi connectivity index (χ4n) is 5.83. The van der Waals surface area contributed by atoms with Gasteiger partial charge in [-0.1, -0.05) is 31.7 Å². The van der Waals surface area contributed by atoms with Crippen molar-refractivity contribution in [2.24, 2.45) is 29.6 Å². The number of benzene rings is 1. The van der Waals surface area contributed by atoms with E-state index < -0.39 is 0 Å². The molecule has 3 aliphatic rings. The van der Waals surface area contributed by atoms with Crippen molar-refractivity contribution in [3.8, 4) is 0 Å². The number of hydrogen-bond donors (Lipinski definition) is 1. The number of anilines is 2. The molecule has 0 radical (unpaired) electrons. The highest BCUT2D eigenvalue weighted by molar-refractivity contribution is 7.99. The van der Waals surface area contributed by atoms with E-state index in [-0.39, 0.29) is 5.97 Å². The molecule has 1 aromatic carbocycles. The first-order valence-electron chi connectivity index (χ1n) is 11.3. The minimum atomic E-state index is -0.0288. The fourth-order valence-corrected chi connectivity index (χ4v) is 6.71. The third kappa shape index (κ3) is 3.94. The van der Waals surface area contributed by atoms with Gasteiger partial charge in [-0.3, -0.25) is 9.69 Å². The van der Waals surface area contributed by atoms with Crippen LogP contribution in [0.5, 0.6) is 0 Å². The minimum absolute atomic E-state index is 0.0288. The molecular formula is C24H30N4O2S. The zero-order valence-electron chi connectivity index (χ0n) is 18.4. The first-order chi connectivity index (χ1) is 15.0. The monoisotopic (exact) mass is 438 g/mol. The Balaban J connectivity index is 1.29. The highest BCUT2D eigenvalue weighted by Crippen LogP contribution is 2.51. The lowest BCUT2D eigenvalue weighted by Crippen LogP contribution is -2.43. The smallest absolute Gasteiger partial charge is 0.306 e. The number of rotatable bonds is 5. The highest BCUT2D eigenvalue weighted by atomic mass is 32.2. The molecule has 2 bridgehead atoms. The van der Waals surface area contributed by atoms with Gasteiger partial charge < -0.3 is 10.1 Å². The van der Waals surface area contributed by atoms with Crippen molar-refractivity contribution in [1.29, 1.82) is 0 Å². The van der Waals surface area contributed by atoms with Gasteiger partial charge in [-0.05, 0) is 54.2 Å². The molecule has 2 unspecified atom stereocenters. The standard InChI is InChI=1S/C24H30N4O2S/c1-4-30-22(29)10-17-18-12-28(13-19(17)15(3)14(18)2)11-16-5-6-21-20(9-16)27-23-24(31-21)26-8-7-25-23/h5-9,14-15,17-19H,4,10-13H2,1-3H3,(H,25,27)/t14-,15-,17?,18?,19?/m1/s1. The van der Waals surface area contributed by atoms with Crippen LogP contribution in [-0.2, 0) is 16.1 Å². The van der Waals surface area contributed by atoms with E-state index in [1.807, 2.05) is 6.92 Å². The van der Waals surface area contributed by atoms with Crippen LogP contribution in [-0.4, -0.2) is 40.5 Å². The Hall–Kier alpha value is -2.12. The summed E-state index contributed by atoms with van der Waals surface area (Å²) in [6.07, 6.45) is 4.03. The Morgan fingerprint density at radius 2 is 1.94 bits per heavy atom. The summed E-state index contributed by atoms with van der Waals surface area (Å²) in [5, 5.41) is 4.36. The fraction of sp³-hybridized carbons (Fsp3) is 0.542. The average Bonchev–Trinajstić information content (AvgIpc) is 2.89. The Bertz CT molecular complexity index is 966. The molecule has 1 aliphatic carbocycles. The summed E-state index contributed by atoms with van der Waals surface area (Å²) >= 11 is 1.67. The van der Waals surface area contributed by atoms with Crippen LogP contribution in [0, 0.1) is 29.6 Å². The molecule has 2 aliphatic heterocycles. The zero-order chi connectivity index (χ0) is 21.5. The highest BCUT2D eigenvalue weighted by Gasteiger charge is 2.50. The van der Waals surface area contributed by atoms with Crippen LogP contribution >= 0.6 is 11.8 Å². The van der Waals surface area contributed by atoms with E-state index >= 15 is 0 Å². The van der Waals surface area contributed by atoms with E-state index in [0.717, 1.165) is 36.2 Å². The Morgan fingerprint density at radius 3 is 2.68 bits per heavy atom. The number of esters is 1. The van der Waals surface area contributed by atoms with E-state index in [1.165, 1.54) is 10.5 Å². The summed E-state index contributed by atoms with van der Waals surface area (Å²) in [5.74, 6) is 3.67. The number of carbonyl (C=O) groups excluding carboxylic acids is 1. The van der Waals surface area contributed by atoms with Gasteiger partial charge in [0.05, 0.1) is 12.3 Å². The SMILES string of the molecule is CCOC(=O)CC1C2CN(Cc3ccc4c(c3)Nc3nccnc3S4)CC1[C@H](C)[C@H]2C. The Kier molecular flexibility index (Phi) is 5.65. The first-order valence-corrected chi connectivity index (χ1v) is 12.1. The molecule has 1 aromatic heterocycles. The summed E-state index contributed by atoms with van der Waals surface area (Å²) in [4.78, 5) is 24.8. The van der Waals surface area contributed by atoms with Crippen molar-refractivity contribution in [3.63, 3.8) is 0 Å². The molecule has 1 saturated heterocycles. The number of nitrogens with one attached hydrogen (secondary N) is 1. The van der Waals surface area contributed by atoms with Crippen LogP contribution < -0.4 is 5.32 Å². The molecule has 5 rings (SSSR count). The molecule has 0 amide bonds. The van der Waals surface area contributed by atoms with Crippen LogP contribution in [0.15, 0.2) is 40.5 Å². The zero-order valence-corrected chi connectivity index (χ0v) is 19.2. The number of carbonyl (C=O) groups is 1.